The number of urea groups is 1. The highest BCUT2D eigenvalue weighted by Gasteiger charge is 2.06. The van der Waals surface area contributed by atoms with Crippen molar-refractivity contribution in [3.05, 3.63) is 59.4 Å². The van der Waals surface area contributed by atoms with Crippen molar-refractivity contribution in [3.63, 3.8) is 0 Å². The minimum absolute atomic E-state index is 0.111. The average Bonchev–Trinajstić information content (AvgIpc) is 2.50. The maximum atomic E-state index is 13.2. The second-order valence-corrected chi connectivity index (χ2v) is 4.44. The monoisotopic (exact) mass is 283 g/mol. The van der Waals surface area contributed by atoms with Gasteiger partial charge in [0.15, 0.2) is 0 Å². The van der Waals surface area contributed by atoms with Crippen LogP contribution >= 0.6 is 0 Å². The number of carbonyl (C=O) groups excluding carboxylic acids is 1. The predicted molar refractivity (Wildman–Crippen MR) is 79.6 cm³/mol. The van der Waals surface area contributed by atoms with Crippen molar-refractivity contribution in [1.82, 2.24) is 0 Å². The molecule has 2 N–H and O–H groups in total. The van der Waals surface area contributed by atoms with Crippen LogP contribution in [0.3, 0.4) is 0 Å². The molecule has 0 aliphatic rings. The number of benzene rings is 2. The number of aryl methyl sites for hydroxylation is 1. The lowest BCUT2D eigenvalue weighted by atomic mass is 10.1. The number of carbonyl (C=O) groups is 1. The van der Waals surface area contributed by atoms with Crippen LogP contribution in [0.1, 0.15) is 18.1 Å². The van der Waals surface area contributed by atoms with Gasteiger partial charge in [0.25, 0.3) is 0 Å². The Hall–Kier alpha value is -2.87. The third kappa shape index (κ3) is 3.80. The molecule has 0 atom stereocenters. The van der Waals surface area contributed by atoms with Gasteiger partial charge in [-0.25, -0.2) is 9.18 Å². The topological polar surface area (TPSA) is 64.9 Å². The normalized spacial score (nSPS) is 9.76. The van der Waals surface area contributed by atoms with Crippen molar-refractivity contribution in [1.29, 1.82) is 5.26 Å². The molecule has 2 aromatic rings. The average molecular weight is 283 g/mol. The lowest BCUT2D eigenvalue weighted by Gasteiger charge is -2.08. The summed E-state index contributed by atoms with van der Waals surface area (Å²) in [6, 6.07) is 12.6. The second-order valence-electron chi connectivity index (χ2n) is 4.44. The number of nitrogens with zero attached hydrogens (tertiary/aromatic N) is 1. The molecule has 21 heavy (non-hydrogen) atoms. The molecule has 5 heteroatoms. The number of hydrogen-bond acceptors (Lipinski definition) is 2. The minimum atomic E-state index is -0.612. The fraction of sp³-hybridized carbons (Fsp3) is 0.125. The molecular weight excluding hydrogens is 269 g/mol. The summed E-state index contributed by atoms with van der Waals surface area (Å²) in [5.41, 5.74) is 2.08. The molecule has 4 nitrogen and oxygen atoms in total. The highest BCUT2D eigenvalue weighted by atomic mass is 19.1. The van der Waals surface area contributed by atoms with Crippen LogP contribution in [0.2, 0.25) is 0 Å². The first kappa shape index (κ1) is 14.5. The van der Waals surface area contributed by atoms with Crippen LogP contribution in [0.25, 0.3) is 0 Å². The Morgan fingerprint density at radius 3 is 2.38 bits per heavy atom. The second kappa shape index (κ2) is 6.53. The molecule has 2 rings (SSSR count). The Kier molecular flexibility index (Phi) is 4.52. The highest BCUT2D eigenvalue weighted by Crippen LogP contribution is 2.15. The molecule has 106 valence electrons. The van der Waals surface area contributed by atoms with Gasteiger partial charge in [-0.3, -0.25) is 0 Å². The number of amides is 2. The van der Waals surface area contributed by atoms with Gasteiger partial charge in [0.05, 0.1) is 5.56 Å². The third-order valence-corrected chi connectivity index (χ3v) is 2.96. The Balaban J connectivity index is 2.02. The van der Waals surface area contributed by atoms with Gasteiger partial charge in [0, 0.05) is 11.4 Å². The van der Waals surface area contributed by atoms with E-state index < -0.39 is 11.8 Å². The first-order chi connectivity index (χ1) is 10.1. The molecule has 0 fully saturated rings. The van der Waals surface area contributed by atoms with Crippen molar-refractivity contribution in [2.24, 2.45) is 0 Å². The molecule has 0 aliphatic heterocycles. The van der Waals surface area contributed by atoms with Crippen LogP contribution in [0.15, 0.2) is 42.5 Å². The van der Waals surface area contributed by atoms with Crippen molar-refractivity contribution < 1.29 is 9.18 Å². The Morgan fingerprint density at radius 1 is 1.14 bits per heavy atom. The van der Waals surface area contributed by atoms with E-state index in [1.165, 1.54) is 17.7 Å². The summed E-state index contributed by atoms with van der Waals surface area (Å²) in [4.78, 5) is 11.8. The Labute approximate surface area is 122 Å². The first-order valence-corrected chi connectivity index (χ1v) is 6.49. The molecule has 0 aliphatic carbocycles. The lowest BCUT2D eigenvalue weighted by molar-refractivity contribution is 0.262. The number of anilines is 2. The van der Waals surface area contributed by atoms with Crippen LogP contribution < -0.4 is 10.6 Å². The van der Waals surface area contributed by atoms with Gasteiger partial charge in [-0.1, -0.05) is 19.1 Å². The smallest absolute Gasteiger partial charge is 0.308 e. The fourth-order valence-electron chi connectivity index (χ4n) is 1.81. The van der Waals surface area contributed by atoms with Gasteiger partial charge in [-0.2, -0.15) is 5.26 Å². The molecule has 0 bridgehead atoms. The van der Waals surface area contributed by atoms with Crippen molar-refractivity contribution in [2.45, 2.75) is 13.3 Å². The van der Waals surface area contributed by atoms with Crippen molar-refractivity contribution in [2.75, 3.05) is 10.6 Å². The van der Waals surface area contributed by atoms with E-state index in [0.717, 1.165) is 12.5 Å². The zero-order valence-corrected chi connectivity index (χ0v) is 11.5. The zero-order valence-electron chi connectivity index (χ0n) is 11.5. The van der Waals surface area contributed by atoms with E-state index in [4.69, 9.17) is 5.26 Å². The zero-order chi connectivity index (χ0) is 15.2. The summed E-state index contributed by atoms with van der Waals surface area (Å²) in [6.45, 7) is 2.05. The molecule has 0 radical (unpaired) electrons. The fourth-order valence-corrected chi connectivity index (χ4v) is 1.81. The van der Waals surface area contributed by atoms with E-state index in [9.17, 15) is 9.18 Å². The molecule has 0 saturated carbocycles. The van der Waals surface area contributed by atoms with E-state index in [1.807, 2.05) is 24.3 Å². The summed E-state index contributed by atoms with van der Waals surface area (Å²) in [7, 11) is 0. The van der Waals surface area contributed by atoms with Gasteiger partial charge < -0.3 is 10.6 Å². The maximum Gasteiger partial charge on any atom is 0.323 e. The number of rotatable bonds is 3. The van der Waals surface area contributed by atoms with Gasteiger partial charge in [0.2, 0.25) is 0 Å². The largest absolute Gasteiger partial charge is 0.323 e. The Bertz CT molecular complexity index is 690. The quantitative estimate of drug-likeness (QED) is 0.897. The molecule has 0 unspecified atom stereocenters. The van der Waals surface area contributed by atoms with Crippen molar-refractivity contribution in [3.8, 4) is 6.07 Å². The number of hydrogen-bond donors (Lipinski definition) is 2. The molecule has 0 spiro atoms. The van der Waals surface area contributed by atoms with Crippen LogP contribution in [0, 0.1) is 17.1 Å². The molecule has 2 aromatic carbocycles. The SMILES string of the molecule is CCc1ccc(NC(=O)Nc2ccc(F)c(C#N)c2)cc1. The standard InChI is InChI=1S/C16H14FN3O/c1-2-11-3-5-13(6-4-11)19-16(21)20-14-7-8-15(17)12(9-14)10-18/h3-9H,2H2,1H3,(H2,19,20,21). The van der Waals surface area contributed by atoms with Gasteiger partial charge >= 0.3 is 6.03 Å². The maximum absolute atomic E-state index is 13.2. The summed E-state index contributed by atoms with van der Waals surface area (Å²) in [5.74, 6) is -0.612. The summed E-state index contributed by atoms with van der Waals surface area (Å²) < 4.78 is 13.2. The minimum Gasteiger partial charge on any atom is -0.308 e. The van der Waals surface area contributed by atoms with E-state index in [1.54, 1.807) is 6.07 Å². The summed E-state index contributed by atoms with van der Waals surface area (Å²) in [6.07, 6.45) is 0.930. The molecule has 2 amide bonds. The van der Waals surface area contributed by atoms with Crippen LogP contribution in [0.4, 0.5) is 20.6 Å². The van der Waals surface area contributed by atoms with E-state index in [-0.39, 0.29) is 5.56 Å². The van der Waals surface area contributed by atoms with E-state index in [2.05, 4.69) is 17.6 Å². The van der Waals surface area contributed by atoms with Gasteiger partial charge in [0.1, 0.15) is 11.9 Å². The summed E-state index contributed by atoms with van der Waals surface area (Å²) in [5, 5.41) is 14.0. The van der Waals surface area contributed by atoms with Crippen LogP contribution in [0.5, 0.6) is 0 Å². The van der Waals surface area contributed by atoms with Crippen LogP contribution in [-0.2, 0) is 6.42 Å². The number of nitrogens with one attached hydrogen (secondary N) is 2. The van der Waals surface area contributed by atoms with Gasteiger partial charge in [-0.15, -0.1) is 0 Å². The molecule has 0 aromatic heterocycles. The van der Waals surface area contributed by atoms with Crippen LogP contribution in [-0.4, -0.2) is 6.03 Å². The van der Waals surface area contributed by atoms with Gasteiger partial charge in [-0.05, 0) is 42.3 Å². The number of halogens is 1. The third-order valence-electron chi connectivity index (χ3n) is 2.96. The molecule has 0 heterocycles. The first-order valence-electron chi connectivity index (χ1n) is 6.49. The number of nitriles is 1. The predicted octanol–water partition coefficient (Wildman–Crippen LogP) is 3.90. The highest BCUT2D eigenvalue weighted by molar-refractivity contribution is 5.99. The molecular formula is C16H14FN3O. The molecule has 0 saturated heterocycles. The van der Waals surface area contributed by atoms with E-state index >= 15 is 0 Å². The summed E-state index contributed by atoms with van der Waals surface area (Å²) >= 11 is 0. The Morgan fingerprint density at radius 2 is 1.76 bits per heavy atom. The lowest BCUT2D eigenvalue weighted by Crippen LogP contribution is -2.19. The van der Waals surface area contributed by atoms with E-state index in [0.29, 0.717) is 11.4 Å². The van der Waals surface area contributed by atoms with Crippen molar-refractivity contribution >= 4 is 17.4 Å².